The molecule has 1 aromatic carbocycles. The van der Waals surface area contributed by atoms with E-state index in [1.165, 1.54) is 18.3 Å². The maximum Gasteiger partial charge on any atom is 0.254 e. The predicted molar refractivity (Wildman–Crippen MR) is 84.3 cm³/mol. The van der Waals surface area contributed by atoms with Crippen LogP contribution >= 0.6 is 0 Å². The monoisotopic (exact) mass is 316 g/mol. The summed E-state index contributed by atoms with van der Waals surface area (Å²) < 4.78 is 19.9. The predicted octanol–water partition coefficient (Wildman–Crippen LogP) is 1.52. The molecule has 120 valence electrons. The first-order valence-corrected chi connectivity index (χ1v) is 7.33. The second-order valence-corrected chi connectivity index (χ2v) is 5.17. The number of ether oxygens (including phenoxy) is 1. The van der Waals surface area contributed by atoms with Gasteiger partial charge in [-0.15, -0.1) is 0 Å². The van der Waals surface area contributed by atoms with Gasteiger partial charge in [0.05, 0.1) is 5.69 Å². The van der Waals surface area contributed by atoms with Crippen LogP contribution in [0.4, 0.5) is 10.1 Å². The maximum atomic E-state index is 14.3. The molecule has 2 heterocycles. The molecule has 1 aliphatic heterocycles. The van der Waals surface area contributed by atoms with Crippen molar-refractivity contribution in [3.05, 3.63) is 47.9 Å². The lowest BCUT2D eigenvalue weighted by molar-refractivity contribution is 0.0997. The van der Waals surface area contributed by atoms with E-state index in [1.54, 1.807) is 18.2 Å². The number of aromatic nitrogens is 1. The number of primary amides is 1. The van der Waals surface area contributed by atoms with Gasteiger partial charge in [0, 0.05) is 38.4 Å². The maximum absolute atomic E-state index is 14.3. The van der Waals surface area contributed by atoms with Crippen LogP contribution in [-0.2, 0) is 0 Å². The van der Waals surface area contributed by atoms with Crippen molar-refractivity contribution in [1.29, 1.82) is 0 Å². The fourth-order valence-corrected chi connectivity index (χ4v) is 2.48. The third-order valence-electron chi connectivity index (χ3n) is 3.63. The number of hydrogen-bond donors (Lipinski definition) is 2. The van der Waals surface area contributed by atoms with Gasteiger partial charge in [-0.3, -0.25) is 4.79 Å². The normalized spacial score (nSPS) is 14.6. The van der Waals surface area contributed by atoms with Gasteiger partial charge in [-0.05, 0) is 24.3 Å². The lowest BCUT2D eigenvalue weighted by atomic mass is 10.2. The Morgan fingerprint density at radius 3 is 2.78 bits per heavy atom. The number of nitrogens with zero attached hydrogens (tertiary/aromatic N) is 2. The van der Waals surface area contributed by atoms with E-state index in [4.69, 9.17) is 10.5 Å². The van der Waals surface area contributed by atoms with E-state index in [0.717, 1.165) is 26.2 Å². The van der Waals surface area contributed by atoms with E-state index in [2.05, 4.69) is 10.3 Å². The zero-order valence-electron chi connectivity index (χ0n) is 12.5. The highest BCUT2D eigenvalue weighted by molar-refractivity contribution is 5.95. The number of hydrogen-bond acceptors (Lipinski definition) is 5. The van der Waals surface area contributed by atoms with Crippen LogP contribution < -0.4 is 20.7 Å². The Bertz CT molecular complexity index is 717. The molecular formula is C16H17FN4O2. The molecule has 1 aromatic heterocycles. The minimum Gasteiger partial charge on any atom is -0.438 e. The molecule has 23 heavy (non-hydrogen) atoms. The zero-order chi connectivity index (χ0) is 16.2. The number of carbonyl (C=O) groups excluding carboxylic acids is 1. The van der Waals surface area contributed by atoms with Gasteiger partial charge in [0.1, 0.15) is 17.1 Å². The van der Waals surface area contributed by atoms with Crippen molar-refractivity contribution < 1.29 is 13.9 Å². The molecule has 3 rings (SSSR count). The molecular weight excluding hydrogens is 299 g/mol. The highest BCUT2D eigenvalue weighted by Crippen LogP contribution is 2.28. The molecule has 1 fully saturated rings. The second-order valence-electron chi connectivity index (χ2n) is 5.17. The molecule has 7 heteroatoms. The highest BCUT2D eigenvalue weighted by atomic mass is 19.1. The first kappa shape index (κ1) is 15.2. The molecule has 2 aromatic rings. The fraction of sp³-hybridized carbons (Fsp3) is 0.250. The van der Waals surface area contributed by atoms with E-state index in [9.17, 15) is 9.18 Å². The molecule has 0 bridgehead atoms. The zero-order valence-corrected chi connectivity index (χ0v) is 12.5. The van der Waals surface area contributed by atoms with Crippen molar-refractivity contribution in [2.45, 2.75) is 0 Å². The standard InChI is InChI=1S/C16H17FN4O2/c17-13-10-11(3-4-14(13)21-8-6-19-7-9-21)23-16-12(15(18)22)2-1-5-20-16/h1-5,10,19H,6-9H2,(H2,18,22). The van der Waals surface area contributed by atoms with Crippen molar-refractivity contribution >= 4 is 11.6 Å². The number of halogens is 1. The van der Waals surface area contributed by atoms with E-state index < -0.39 is 5.91 Å². The lowest BCUT2D eigenvalue weighted by Gasteiger charge is -2.29. The number of pyridine rings is 1. The average Bonchev–Trinajstić information content (AvgIpc) is 2.56. The summed E-state index contributed by atoms with van der Waals surface area (Å²) in [5.41, 5.74) is 5.96. The largest absolute Gasteiger partial charge is 0.438 e. The summed E-state index contributed by atoms with van der Waals surface area (Å²) in [7, 11) is 0. The van der Waals surface area contributed by atoms with Crippen LogP contribution in [0.3, 0.4) is 0 Å². The number of rotatable bonds is 4. The summed E-state index contributed by atoms with van der Waals surface area (Å²) in [6.45, 7) is 3.16. The van der Waals surface area contributed by atoms with Gasteiger partial charge in [0.2, 0.25) is 5.88 Å². The molecule has 0 atom stereocenters. The number of piperazine rings is 1. The molecule has 0 saturated carbocycles. The minimum absolute atomic E-state index is 0.0642. The van der Waals surface area contributed by atoms with Crippen LogP contribution in [0.1, 0.15) is 10.4 Å². The van der Waals surface area contributed by atoms with Crippen molar-refractivity contribution in [3.63, 3.8) is 0 Å². The van der Waals surface area contributed by atoms with Crippen molar-refractivity contribution in [2.75, 3.05) is 31.1 Å². The Morgan fingerprint density at radius 1 is 1.30 bits per heavy atom. The Labute approximate surface area is 133 Å². The van der Waals surface area contributed by atoms with Gasteiger partial charge in [0.15, 0.2) is 0 Å². The van der Waals surface area contributed by atoms with Gasteiger partial charge in [-0.25, -0.2) is 9.37 Å². The van der Waals surface area contributed by atoms with Crippen LogP contribution in [0.5, 0.6) is 11.6 Å². The summed E-state index contributed by atoms with van der Waals surface area (Å²) in [6.07, 6.45) is 1.48. The molecule has 1 aliphatic rings. The highest BCUT2D eigenvalue weighted by Gasteiger charge is 2.16. The molecule has 0 radical (unpaired) electrons. The Hall–Kier alpha value is -2.67. The molecule has 3 N–H and O–H groups in total. The van der Waals surface area contributed by atoms with E-state index in [0.29, 0.717) is 5.69 Å². The van der Waals surface area contributed by atoms with Gasteiger partial charge >= 0.3 is 0 Å². The second kappa shape index (κ2) is 6.62. The third kappa shape index (κ3) is 3.40. The van der Waals surface area contributed by atoms with Crippen LogP contribution in [0.15, 0.2) is 36.5 Å². The fourth-order valence-electron chi connectivity index (χ4n) is 2.48. The van der Waals surface area contributed by atoms with Gasteiger partial charge in [-0.2, -0.15) is 0 Å². The summed E-state index contributed by atoms with van der Waals surface area (Å²) in [6, 6.07) is 7.71. The van der Waals surface area contributed by atoms with Crippen molar-refractivity contribution in [3.8, 4) is 11.6 Å². The topological polar surface area (TPSA) is 80.5 Å². The summed E-state index contributed by atoms with van der Waals surface area (Å²) >= 11 is 0. The molecule has 1 saturated heterocycles. The Kier molecular flexibility index (Phi) is 4.38. The van der Waals surface area contributed by atoms with Crippen molar-refractivity contribution in [1.82, 2.24) is 10.3 Å². The first-order valence-electron chi connectivity index (χ1n) is 7.33. The van der Waals surface area contributed by atoms with E-state index in [1.807, 2.05) is 4.90 Å². The summed E-state index contributed by atoms with van der Waals surface area (Å²) in [5, 5.41) is 3.22. The van der Waals surface area contributed by atoms with Crippen LogP contribution in [0.25, 0.3) is 0 Å². The van der Waals surface area contributed by atoms with Crippen LogP contribution in [0, 0.1) is 5.82 Å². The lowest BCUT2D eigenvalue weighted by Crippen LogP contribution is -2.43. The van der Waals surface area contributed by atoms with E-state index in [-0.39, 0.29) is 23.0 Å². The summed E-state index contributed by atoms with van der Waals surface area (Å²) in [5.74, 6) is -0.691. The Balaban J connectivity index is 1.82. The number of anilines is 1. The molecule has 6 nitrogen and oxygen atoms in total. The third-order valence-corrected chi connectivity index (χ3v) is 3.63. The number of nitrogens with two attached hydrogens (primary N) is 1. The quantitative estimate of drug-likeness (QED) is 0.894. The average molecular weight is 316 g/mol. The number of nitrogens with one attached hydrogen (secondary N) is 1. The molecule has 0 aliphatic carbocycles. The Morgan fingerprint density at radius 2 is 2.09 bits per heavy atom. The SMILES string of the molecule is NC(=O)c1cccnc1Oc1ccc(N2CCNCC2)c(F)c1. The molecule has 0 spiro atoms. The summed E-state index contributed by atoms with van der Waals surface area (Å²) in [4.78, 5) is 17.3. The van der Waals surface area contributed by atoms with E-state index >= 15 is 0 Å². The van der Waals surface area contributed by atoms with Gasteiger partial charge in [0.25, 0.3) is 5.91 Å². The number of carbonyl (C=O) groups is 1. The number of benzene rings is 1. The van der Waals surface area contributed by atoms with Gasteiger partial charge < -0.3 is 20.7 Å². The molecule has 1 amide bonds. The molecule has 0 unspecified atom stereocenters. The first-order chi connectivity index (χ1) is 11.1. The minimum atomic E-state index is -0.647. The van der Waals surface area contributed by atoms with Gasteiger partial charge in [-0.1, -0.05) is 0 Å². The number of amides is 1. The smallest absolute Gasteiger partial charge is 0.254 e. The van der Waals surface area contributed by atoms with Crippen LogP contribution in [0.2, 0.25) is 0 Å². The van der Waals surface area contributed by atoms with Crippen molar-refractivity contribution in [2.24, 2.45) is 5.73 Å². The van der Waals surface area contributed by atoms with Crippen LogP contribution in [-0.4, -0.2) is 37.1 Å².